The van der Waals surface area contributed by atoms with Crippen molar-refractivity contribution in [1.82, 2.24) is 9.97 Å². The Bertz CT molecular complexity index is 674. The molecule has 1 amide bonds. The fourth-order valence-corrected chi connectivity index (χ4v) is 2.47. The number of para-hydroxylation sites is 1. The standard InChI is InChI=1S/C17H19N3O3/c1-11-15(20-16(21)13-8-9-22-10-13)12(2)19-17(18-11)23-14-6-4-3-5-7-14/h3-7,13H,8-10H2,1-2H3,(H,20,21). The lowest BCUT2D eigenvalue weighted by Gasteiger charge is -2.14. The van der Waals surface area contributed by atoms with Gasteiger partial charge in [0, 0.05) is 6.61 Å². The minimum atomic E-state index is -0.103. The number of aryl methyl sites for hydroxylation is 2. The largest absolute Gasteiger partial charge is 0.424 e. The summed E-state index contributed by atoms with van der Waals surface area (Å²) in [6, 6.07) is 9.62. The molecule has 0 radical (unpaired) electrons. The van der Waals surface area contributed by atoms with Gasteiger partial charge < -0.3 is 14.8 Å². The highest BCUT2D eigenvalue weighted by Gasteiger charge is 2.24. The van der Waals surface area contributed by atoms with Crippen LogP contribution in [0.1, 0.15) is 17.8 Å². The van der Waals surface area contributed by atoms with Crippen LogP contribution in [0.2, 0.25) is 0 Å². The molecule has 1 aliphatic heterocycles. The smallest absolute Gasteiger partial charge is 0.322 e. The summed E-state index contributed by atoms with van der Waals surface area (Å²) in [5.74, 6) is 0.522. The Morgan fingerprint density at radius 3 is 2.52 bits per heavy atom. The van der Waals surface area contributed by atoms with Crippen LogP contribution in [0.4, 0.5) is 5.69 Å². The van der Waals surface area contributed by atoms with Crippen molar-refractivity contribution in [2.75, 3.05) is 18.5 Å². The van der Waals surface area contributed by atoms with E-state index in [0.717, 1.165) is 6.42 Å². The van der Waals surface area contributed by atoms with E-state index in [4.69, 9.17) is 9.47 Å². The van der Waals surface area contributed by atoms with Crippen LogP contribution in [0.5, 0.6) is 11.8 Å². The van der Waals surface area contributed by atoms with Gasteiger partial charge in [-0.25, -0.2) is 0 Å². The molecule has 0 saturated carbocycles. The van der Waals surface area contributed by atoms with Crippen LogP contribution in [0.3, 0.4) is 0 Å². The molecular weight excluding hydrogens is 294 g/mol. The van der Waals surface area contributed by atoms with Crippen LogP contribution < -0.4 is 10.1 Å². The Balaban J connectivity index is 1.76. The third-order valence-corrected chi connectivity index (χ3v) is 3.75. The van der Waals surface area contributed by atoms with Crippen molar-refractivity contribution in [1.29, 1.82) is 0 Å². The second kappa shape index (κ2) is 6.75. The summed E-state index contributed by atoms with van der Waals surface area (Å²) in [5.41, 5.74) is 1.99. The molecule has 6 heteroatoms. The number of ether oxygens (including phenoxy) is 2. The summed E-state index contributed by atoms with van der Waals surface area (Å²) < 4.78 is 10.9. The van der Waals surface area contributed by atoms with Gasteiger partial charge in [-0.15, -0.1) is 0 Å². The maximum atomic E-state index is 12.2. The highest BCUT2D eigenvalue weighted by atomic mass is 16.5. The molecule has 1 saturated heterocycles. The Morgan fingerprint density at radius 2 is 1.91 bits per heavy atom. The van der Waals surface area contributed by atoms with E-state index in [-0.39, 0.29) is 17.8 Å². The first kappa shape index (κ1) is 15.4. The molecule has 0 aliphatic carbocycles. The Kier molecular flexibility index (Phi) is 4.52. The Morgan fingerprint density at radius 1 is 1.22 bits per heavy atom. The summed E-state index contributed by atoms with van der Waals surface area (Å²) in [4.78, 5) is 20.9. The van der Waals surface area contributed by atoms with Gasteiger partial charge in [0.1, 0.15) is 5.75 Å². The fourth-order valence-electron chi connectivity index (χ4n) is 2.47. The van der Waals surface area contributed by atoms with Crippen molar-refractivity contribution in [3.05, 3.63) is 41.7 Å². The Labute approximate surface area is 134 Å². The molecule has 1 fully saturated rings. The van der Waals surface area contributed by atoms with Gasteiger partial charge in [-0.1, -0.05) is 18.2 Å². The van der Waals surface area contributed by atoms with E-state index < -0.39 is 0 Å². The van der Waals surface area contributed by atoms with Crippen LogP contribution in [-0.4, -0.2) is 29.1 Å². The average Bonchev–Trinajstić information content (AvgIpc) is 3.06. The minimum absolute atomic E-state index is 0.0472. The summed E-state index contributed by atoms with van der Waals surface area (Å²) >= 11 is 0. The van der Waals surface area contributed by atoms with Crippen molar-refractivity contribution in [2.45, 2.75) is 20.3 Å². The molecular formula is C17H19N3O3. The highest BCUT2D eigenvalue weighted by Crippen LogP contribution is 2.24. The summed E-state index contributed by atoms with van der Waals surface area (Å²) in [6.45, 7) is 4.76. The number of nitrogens with one attached hydrogen (secondary N) is 1. The van der Waals surface area contributed by atoms with Crippen molar-refractivity contribution >= 4 is 11.6 Å². The van der Waals surface area contributed by atoms with Crippen LogP contribution in [0, 0.1) is 19.8 Å². The predicted octanol–water partition coefficient (Wildman–Crippen LogP) is 2.86. The fraction of sp³-hybridized carbons (Fsp3) is 0.353. The number of rotatable bonds is 4. The third-order valence-electron chi connectivity index (χ3n) is 3.75. The number of nitrogens with zero attached hydrogens (tertiary/aromatic N) is 2. The van der Waals surface area contributed by atoms with Gasteiger partial charge in [-0.2, -0.15) is 9.97 Å². The molecule has 1 atom stereocenters. The van der Waals surface area contributed by atoms with Crippen LogP contribution in [-0.2, 0) is 9.53 Å². The number of amides is 1. The van der Waals surface area contributed by atoms with Crippen LogP contribution in [0.25, 0.3) is 0 Å². The minimum Gasteiger partial charge on any atom is -0.424 e. The van der Waals surface area contributed by atoms with E-state index in [1.807, 2.05) is 44.2 Å². The number of benzene rings is 1. The normalized spacial score (nSPS) is 17.0. The SMILES string of the molecule is Cc1nc(Oc2ccccc2)nc(C)c1NC(=O)C1CCOC1. The van der Waals surface area contributed by atoms with E-state index in [1.165, 1.54) is 0 Å². The molecule has 2 aromatic rings. The van der Waals surface area contributed by atoms with E-state index in [9.17, 15) is 4.79 Å². The molecule has 6 nitrogen and oxygen atoms in total. The van der Waals surface area contributed by atoms with Crippen molar-refractivity contribution in [3.63, 3.8) is 0 Å². The molecule has 2 heterocycles. The van der Waals surface area contributed by atoms with Gasteiger partial charge in [-0.3, -0.25) is 4.79 Å². The molecule has 1 aliphatic rings. The molecule has 0 bridgehead atoms. The van der Waals surface area contributed by atoms with Gasteiger partial charge in [0.15, 0.2) is 0 Å². The van der Waals surface area contributed by atoms with Crippen molar-refractivity contribution < 1.29 is 14.3 Å². The molecule has 1 unspecified atom stereocenters. The van der Waals surface area contributed by atoms with E-state index in [2.05, 4.69) is 15.3 Å². The number of anilines is 1. The zero-order valence-corrected chi connectivity index (χ0v) is 13.2. The topological polar surface area (TPSA) is 73.3 Å². The first-order chi connectivity index (χ1) is 11.1. The van der Waals surface area contributed by atoms with Crippen molar-refractivity contribution in [3.8, 4) is 11.8 Å². The third kappa shape index (κ3) is 3.65. The molecule has 1 aromatic carbocycles. The molecule has 1 aromatic heterocycles. The lowest BCUT2D eigenvalue weighted by molar-refractivity contribution is -0.119. The molecule has 1 N–H and O–H groups in total. The van der Waals surface area contributed by atoms with Gasteiger partial charge in [0.2, 0.25) is 5.91 Å². The summed E-state index contributed by atoms with van der Waals surface area (Å²) in [6.07, 6.45) is 0.750. The average molecular weight is 313 g/mol. The number of aromatic nitrogens is 2. The Hall–Kier alpha value is -2.47. The number of carbonyl (C=O) groups is 1. The molecule has 23 heavy (non-hydrogen) atoms. The highest BCUT2D eigenvalue weighted by molar-refractivity contribution is 5.93. The number of hydrogen-bond donors (Lipinski definition) is 1. The van der Waals surface area contributed by atoms with Gasteiger partial charge >= 0.3 is 6.01 Å². The number of hydrogen-bond acceptors (Lipinski definition) is 5. The monoisotopic (exact) mass is 313 g/mol. The first-order valence-corrected chi connectivity index (χ1v) is 7.60. The lowest BCUT2D eigenvalue weighted by Crippen LogP contribution is -2.24. The first-order valence-electron chi connectivity index (χ1n) is 7.60. The maximum absolute atomic E-state index is 12.2. The lowest BCUT2D eigenvalue weighted by atomic mass is 10.1. The van der Waals surface area contributed by atoms with Gasteiger partial charge in [-0.05, 0) is 32.4 Å². The van der Waals surface area contributed by atoms with E-state index in [1.54, 1.807) is 0 Å². The number of carbonyl (C=O) groups excluding carboxylic acids is 1. The predicted molar refractivity (Wildman–Crippen MR) is 85.6 cm³/mol. The van der Waals surface area contributed by atoms with Crippen LogP contribution >= 0.6 is 0 Å². The zero-order valence-electron chi connectivity index (χ0n) is 13.2. The molecule has 120 valence electrons. The zero-order chi connectivity index (χ0) is 16.2. The van der Waals surface area contributed by atoms with Gasteiger partial charge in [0.25, 0.3) is 0 Å². The van der Waals surface area contributed by atoms with Crippen molar-refractivity contribution in [2.24, 2.45) is 5.92 Å². The maximum Gasteiger partial charge on any atom is 0.322 e. The summed E-state index contributed by atoms with van der Waals surface area (Å²) in [7, 11) is 0. The second-order valence-corrected chi connectivity index (χ2v) is 5.52. The quantitative estimate of drug-likeness (QED) is 0.939. The second-order valence-electron chi connectivity index (χ2n) is 5.52. The van der Waals surface area contributed by atoms with E-state index >= 15 is 0 Å². The molecule has 0 spiro atoms. The molecule has 3 rings (SSSR count). The van der Waals surface area contributed by atoms with Crippen LogP contribution in [0.15, 0.2) is 30.3 Å². The van der Waals surface area contributed by atoms with E-state index in [0.29, 0.717) is 36.0 Å². The summed E-state index contributed by atoms with van der Waals surface area (Å²) in [5, 5.41) is 2.91. The van der Waals surface area contributed by atoms with Gasteiger partial charge in [0.05, 0.1) is 29.6 Å².